The third kappa shape index (κ3) is 5.18. The Labute approximate surface area is 152 Å². The van der Waals surface area contributed by atoms with Crippen LogP contribution in [0.5, 0.6) is 5.75 Å². The van der Waals surface area contributed by atoms with Crippen molar-refractivity contribution in [1.29, 1.82) is 0 Å². The molecule has 0 saturated heterocycles. The number of rotatable bonds is 7. The molecule has 1 aromatic carbocycles. The molecule has 1 saturated carbocycles. The van der Waals surface area contributed by atoms with E-state index in [1.807, 2.05) is 0 Å². The van der Waals surface area contributed by atoms with Gasteiger partial charge in [0.25, 0.3) is 5.91 Å². The topological polar surface area (TPSA) is 108 Å². The van der Waals surface area contributed by atoms with Gasteiger partial charge < -0.3 is 14.8 Å². The smallest absolute Gasteiger partial charge is 0.339 e. The fraction of sp³-hybridized carbons (Fsp3) is 0.556. The van der Waals surface area contributed by atoms with E-state index in [-0.39, 0.29) is 35.6 Å². The normalized spacial score (nSPS) is 15.8. The molecule has 0 spiro atoms. The van der Waals surface area contributed by atoms with Gasteiger partial charge in [-0.25, -0.2) is 4.79 Å². The van der Waals surface area contributed by atoms with Gasteiger partial charge in [0.05, 0.1) is 17.1 Å². The van der Waals surface area contributed by atoms with Crippen molar-refractivity contribution >= 4 is 17.6 Å². The molecule has 142 valence electrons. The van der Waals surface area contributed by atoms with Crippen molar-refractivity contribution in [1.82, 2.24) is 5.32 Å². The summed E-state index contributed by atoms with van der Waals surface area (Å²) in [6, 6.07) is 3.94. The number of ether oxygens (including phenoxy) is 2. The second kappa shape index (κ2) is 9.17. The quantitative estimate of drug-likeness (QED) is 0.453. The second-order valence-corrected chi connectivity index (χ2v) is 6.26. The van der Waals surface area contributed by atoms with Gasteiger partial charge in [-0.2, -0.15) is 0 Å². The molecule has 1 unspecified atom stereocenters. The Bertz CT molecular complexity index is 670. The summed E-state index contributed by atoms with van der Waals surface area (Å²) in [5, 5.41) is 14.0. The molecule has 0 aromatic heterocycles. The lowest BCUT2D eigenvalue weighted by Gasteiger charge is -2.24. The van der Waals surface area contributed by atoms with Crippen LogP contribution in [0.1, 0.15) is 56.3 Å². The van der Waals surface area contributed by atoms with Crippen molar-refractivity contribution in [2.45, 2.75) is 58.1 Å². The number of nitrogens with zero attached hydrogens (tertiary/aromatic N) is 1. The molecule has 1 aromatic rings. The summed E-state index contributed by atoms with van der Waals surface area (Å²) < 4.78 is 10.3. The van der Waals surface area contributed by atoms with E-state index >= 15 is 0 Å². The lowest BCUT2D eigenvalue weighted by Crippen LogP contribution is -2.42. The summed E-state index contributed by atoms with van der Waals surface area (Å²) in [6.45, 7) is 3.46. The van der Waals surface area contributed by atoms with E-state index in [0.29, 0.717) is 0 Å². The second-order valence-electron chi connectivity index (χ2n) is 6.26. The molecule has 26 heavy (non-hydrogen) atoms. The number of nitrogens with one attached hydrogen (secondary N) is 1. The highest BCUT2D eigenvalue weighted by Crippen LogP contribution is 2.28. The third-order valence-electron chi connectivity index (χ3n) is 4.30. The number of amides is 1. The molecule has 0 aliphatic heterocycles. The average molecular weight is 364 g/mol. The first-order chi connectivity index (χ1) is 12.4. The first-order valence-corrected chi connectivity index (χ1v) is 8.85. The van der Waals surface area contributed by atoms with E-state index in [1.54, 1.807) is 6.92 Å². The van der Waals surface area contributed by atoms with Gasteiger partial charge in [0.1, 0.15) is 0 Å². The minimum absolute atomic E-state index is 0.00234. The Hall–Kier alpha value is -2.64. The molecule has 1 aliphatic carbocycles. The largest absolute Gasteiger partial charge is 0.487 e. The number of nitro groups is 1. The molecule has 2 rings (SSSR count). The predicted octanol–water partition coefficient (Wildman–Crippen LogP) is 2.99. The van der Waals surface area contributed by atoms with Crippen LogP contribution in [0.25, 0.3) is 0 Å². The van der Waals surface area contributed by atoms with E-state index in [4.69, 9.17) is 9.47 Å². The van der Waals surface area contributed by atoms with Gasteiger partial charge >= 0.3 is 11.7 Å². The zero-order valence-electron chi connectivity index (χ0n) is 15.0. The zero-order chi connectivity index (χ0) is 19.1. The van der Waals surface area contributed by atoms with Gasteiger partial charge in [0, 0.05) is 12.1 Å². The van der Waals surface area contributed by atoms with Crippen molar-refractivity contribution in [2.24, 2.45) is 0 Å². The Kier molecular flexibility index (Phi) is 6.94. The first kappa shape index (κ1) is 19.7. The van der Waals surface area contributed by atoms with Crippen LogP contribution in [0.2, 0.25) is 0 Å². The van der Waals surface area contributed by atoms with Gasteiger partial charge in [-0.1, -0.05) is 19.3 Å². The Morgan fingerprint density at radius 3 is 2.62 bits per heavy atom. The van der Waals surface area contributed by atoms with Crippen LogP contribution in [0, 0.1) is 10.1 Å². The van der Waals surface area contributed by atoms with Gasteiger partial charge in [0.2, 0.25) is 0 Å². The van der Waals surface area contributed by atoms with Crippen LogP contribution in [0.3, 0.4) is 0 Å². The van der Waals surface area contributed by atoms with Crippen LogP contribution in [-0.4, -0.2) is 35.6 Å². The SMILES string of the molecule is CCOc1ccc(C(=O)OC(C)C(=O)NC2CCCCC2)cc1[N+](=O)[O-]. The first-order valence-electron chi connectivity index (χ1n) is 8.85. The minimum atomic E-state index is -0.977. The molecule has 8 nitrogen and oxygen atoms in total. The van der Waals surface area contributed by atoms with Crippen LogP contribution in [0.15, 0.2) is 18.2 Å². The van der Waals surface area contributed by atoms with Crippen LogP contribution < -0.4 is 10.1 Å². The van der Waals surface area contributed by atoms with Gasteiger partial charge in [-0.15, -0.1) is 0 Å². The van der Waals surface area contributed by atoms with Crippen molar-refractivity contribution in [3.05, 3.63) is 33.9 Å². The molecule has 1 fully saturated rings. The van der Waals surface area contributed by atoms with Crippen molar-refractivity contribution in [3.8, 4) is 5.75 Å². The monoisotopic (exact) mass is 364 g/mol. The molecule has 8 heteroatoms. The van der Waals surface area contributed by atoms with Crippen LogP contribution >= 0.6 is 0 Å². The van der Waals surface area contributed by atoms with Gasteiger partial charge in [0.15, 0.2) is 11.9 Å². The van der Waals surface area contributed by atoms with Gasteiger partial charge in [-0.05, 0) is 38.8 Å². The molecule has 1 N–H and O–H groups in total. The maximum atomic E-state index is 12.2. The Morgan fingerprint density at radius 1 is 1.31 bits per heavy atom. The summed E-state index contributed by atoms with van der Waals surface area (Å²) in [5.41, 5.74) is -0.321. The lowest BCUT2D eigenvalue weighted by atomic mass is 9.95. The lowest BCUT2D eigenvalue weighted by molar-refractivity contribution is -0.385. The zero-order valence-corrected chi connectivity index (χ0v) is 15.0. The Morgan fingerprint density at radius 2 is 2.00 bits per heavy atom. The fourth-order valence-electron chi connectivity index (χ4n) is 2.91. The summed E-state index contributed by atoms with van der Waals surface area (Å²) in [4.78, 5) is 34.9. The summed E-state index contributed by atoms with van der Waals surface area (Å²) in [6.07, 6.45) is 4.21. The molecule has 1 amide bonds. The summed E-state index contributed by atoms with van der Waals surface area (Å²) in [7, 11) is 0. The standard InChI is InChI=1S/C18H24N2O6/c1-3-25-16-10-9-13(11-15(16)20(23)24)18(22)26-12(2)17(21)19-14-7-5-4-6-8-14/h9-12,14H,3-8H2,1-2H3,(H,19,21). The van der Waals surface area contributed by atoms with E-state index in [0.717, 1.165) is 31.7 Å². The number of esters is 1. The van der Waals surface area contributed by atoms with Crippen molar-refractivity contribution in [2.75, 3.05) is 6.61 Å². The number of hydrogen-bond acceptors (Lipinski definition) is 6. The maximum Gasteiger partial charge on any atom is 0.339 e. The number of hydrogen-bond donors (Lipinski definition) is 1. The van der Waals surface area contributed by atoms with Crippen molar-refractivity contribution < 1.29 is 24.0 Å². The van der Waals surface area contributed by atoms with Crippen LogP contribution in [0.4, 0.5) is 5.69 Å². The maximum absolute atomic E-state index is 12.2. The minimum Gasteiger partial charge on any atom is -0.487 e. The van der Waals surface area contributed by atoms with E-state index in [2.05, 4.69) is 5.32 Å². The highest BCUT2D eigenvalue weighted by atomic mass is 16.6. The average Bonchev–Trinajstić information content (AvgIpc) is 2.62. The number of carbonyl (C=O) groups excluding carboxylic acids is 2. The molecule has 0 bridgehead atoms. The Balaban J connectivity index is 2.00. The number of benzene rings is 1. The van der Waals surface area contributed by atoms with Crippen molar-refractivity contribution in [3.63, 3.8) is 0 Å². The highest BCUT2D eigenvalue weighted by Gasteiger charge is 2.24. The molecule has 0 radical (unpaired) electrons. The predicted molar refractivity (Wildman–Crippen MR) is 94.2 cm³/mol. The third-order valence-corrected chi connectivity index (χ3v) is 4.30. The molecule has 1 atom stereocenters. The highest BCUT2D eigenvalue weighted by molar-refractivity contribution is 5.93. The van der Waals surface area contributed by atoms with E-state index in [1.165, 1.54) is 25.5 Å². The molecular weight excluding hydrogens is 340 g/mol. The van der Waals surface area contributed by atoms with E-state index < -0.39 is 17.0 Å². The molecule has 1 aliphatic rings. The number of nitro benzene ring substituents is 1. The summed E-state index contributed by atoms with van der Waals surface area (Å²) in [5.74, 6) is -1.06. The summed E-state index contributed by atoms with van der Waals surface area (Å²) >= 11 is 0. The molecule has 0 heterocycles. The number of carbonyl (C=O) groups is 2. The molecular formula is C18H24N2O6. The fourth-order valence-corrected chi connectivity index (χ4v) is 2.91. The van der Waals surface area contributed by atoms with Gasteiger partial charge in [-0.3, -0.25) is 14.9 Å². The van der Waals surface area contributed by atoms with Crippen LogP contribution in [-0.2, 0) is 9.53 Å². The van der Waals surface area contributed by atoms with E-state index in [9.17, 15) is 19.7 Å².